The molecule has 0 radical (unpaired) electrons. The van der Waals surface area contributed by atoms with Crippen molar-refractivity contribution >= 4 is 11.8 Å². The summed E-state index contributed by atoms with van der Waals surface area (Å²) < 4.78 is 0. The fourth-order valence-electron chi connectivity index (χ4n) is 2.89. The van der Waals surface area contributed by atoms with Crippen molar-refractivity contribution in [1.29, 1.82) is 0 Å². The summed E-state index contributed by atoms with van der Waals surface area (Å²) in [6, 6.07) is -0.505. The van der Waals surface area contributed by atoms with Crippen molar-refractivity contribution in [3.05, 3.63) is 0 Å². The number of carbonyl (C=O) groups is 2. The zero-order chi connectivity index (χ0) is 16.1. The molecule has 0 aromatic rings. The molecule has 5 nitrogen and oxygen atoms in total. The lowest BCUT2D eigenvalue weighted by Crippen LogP contribution is -2.53. The Bertz CT molecular complexity index is 368. The molecule has 1 aliphatic carbocycles. The molecular weight excluding hydrogens is 266 g/mol. The number of nitrogens with one attached hydrogen (secondary N) is 3. The number of carbonyl (C=O) groups excluding carboxylic acids is 2. The molecule has 1 fully saturated rings. The van der Waals surface area contributed by atoms with Crippen LogP contribution in [0.4, 0.5) is 0 Å². The molecule has 0 bridgehead atoms. The maximum Gasteiger partial charge on any atom is 0.242 e. The van der Waals surface area contributed by atoms with E-state index >= 15 is 0 Å². The van der Waals surface area contributed by atoms with Gasteiger partial charge in [0.05, 0.1) is 0 Å². The molecule has 3 N–H and O–H groups in total. The number of rotatable bonds is 5. The Morgan fingerprint density at radius 2 is 1.71 bits per heavy atom. The van der Waals surface area contributed by atoms with Gasteiger partial charge in [-0.25, -0.2) is 0 Å². The van der Waals surface area contributed by atoms with E-state index in [0.29, 0.717) is 6.42 Å². The van der Waals surface area contributed by atoms with Crippen molar-refractivity contribution in [2.24, 2.45) is 0 Å². The fraction of sp³-hybridized carbons (Fsp3) is 0.875. The second-order valence-electron chi connectivity index (χ2n) is 7.30. The van der Waals surface area contributed by atoms with Crippen LogP contribution in [0.1, 0.15) is 66.2 Å². The van der Waals surface area contributed by atoms with Crippen LogP contribution in [-0.2, 0) is 9.59 Å². The molecular formula is C16H31N3O2. The minimum atomic E-state index is -0.505. The molecule has 0 spiro atoms. The molecule has 0 saturated heterocycles. The van der Waals surface area contributed by atoms with Crippen molar-refractivity contribution in [3.8, 4) is 0 Å². The standard InChI is InChI=1S/C16H31N3O2/c1-12(14(21)19-15(2,3)4)18-13(20)11-16(17-5)9-7-6-8-10-16/h12,17H,6-11H2,1-5H3,(H,18,20)(H,19,21). The smallest absolute Gasteiger partial charge is 0.242 e. The first-order valence-corrected chi connectivity index (χ1v) is 7.98. The molecule has 1 saturated carbocycles. The Labute approximate surface area is 128 Å². The van der Waals surface area contributed by atoms with E-state index in [2.05, 4.69) is 16.0 Å². The van der Waals surface area contributed by atoms with E-state index < -0.39 is 6.04 Å². The molecule has 5 heteroatoms. The van der Waals surface area contributed by atoms with Crippen molar-refractivity contribution in [2.75, 3.05) is 7.05 Å². The molecule has 21 heavy (non-hydrogen) atoms. The van der Waals surface area contributed by atoms with E-state index in [4.69, 9.17) is 0 Å². The van der Waals surface area contributed by atoms with Gasteiger partial charge in [0, 0.05) is 17.5 Å². The van der Waals surface area contributed by atoms with Gasteiger partial charge >= 0.3 is 0 Å². The van der Waals surface area contributed by atoms with E-state index in [-0.39, 0.29) is 22.9 Å². The van der Waals surface area contributed by atoms with Gasteiger partial charge in [0.15, 0.2) is 0 Å². The van der Waals surface area contributed by atoms with Crippen LogP contribution in [0.25, 0.3) is 0 Å². The Morgan fingerprint density at radius 3 is 2.19 bits per heavy atom. The number of hydrogen-bond acceptors (Lipinski definition) is 3. The van der Waals surface area contributed by atoms with Crippen LogP contribution in [0.2, 0.25) is 0 Å². The molecule has 122 valence electrons. The first-order valence-electron chi connectivity index (χ1n) is 7.98. The second-order valence-corrected chi connectivity index (χ2v) is 7.30. The van der Waals surface area contributed by atoms with E-state index in [1.807, 2.05) is 27.8 Å². The normalized spacial score (nSPS) is 19.7. The van der Waals surface area contributed by atoms with Crippen LogP contribution in [0.15, 0.2) is 0 Å². The maximum atomic E-state index is 12.2. The van der Waals surface area contributed by atoms with Crippen LogP contribution < -0.4 is 16.0 Å². The predicted octanol–water partition coefficient (Wildman–Crippen LogP) is 1.72. The van der Waals surface area contributed by atoms with Gasteiger partial charge < -0.3 is 16.0 Å². The monoisotopic (exact) mass is 297 g/mol. The molecule has 0 heterocycles. The largest absolute Gasteiger partial charge is 0.350 e. The molecule has 1 atom stereocenters. The van der Waals surface area contributed by atoms with Gasteiger partial charge in [-0.3, -0.25) is 9.59 Å². The molecule has 1 rings (SSSR count). The average molecular weight is 297 g/mol. The summed E-state index contributed by atoms with van der Waals surface area (Å²) in [5.74, 6) is -0.194. The Hall–Kier alpha value is -1.10. The first-order chi connectivity index (χ1) is 9.67. The highest BCUT2D eigenvalue weighted by Gasteiger charge is 2.33. The molecule has 1 aliphatic rings. The minimum Gasteiger partial charge on any atom is -0.350 e. The predicted molar refractivity (Wildman–Crippen MR) is 85.0 cm³/mol. The van der Waals surface area contributed by atoms with Gasteiger partial charge in [0.25, 0.3) is 0 Å². The van der Waals surface area contributed by atoms with Crippen LogP contribution in [0.3, 0.4) is 0 Å². The van der Waals surface area contributed by atoms with Crippen molar-refractivity contribution < 1.29 is 9.59 Å². The van der Waals surface area contributed by atoms with E-state index in [0.717, 1.165) is 25.7 Å². The van der Waals surface area contributed by atoms with Crippen molar-refractivity contribution in [3.63, 3.8) is 0 Å². The van der Waals surface area contributed by atoms with E-state index in [1.165, 1.54) is 6.42 Å². The summed E-state index contributed by atoms with van der Waals surface area (Å²) >= 11 is 0. The summed E-state index contributed by atoms with van der Waals surface area (Å²) in [7, 11) is 1.92. The van der Waals surface area contributed by atoms with Gasteiger partial charge in [-0.15, -0.1) is 0 Å². The summed E-state index contributed by atoms with van der Waals surface area (Å²) in [5, 5.41) is 9.03. The zero-order valence-electron chi connectivity index (χ0n) is 14.1. The average Bonchev–Trinajstić information content (AvgIpc) is 2.37. The maximum absolute atomic E-state index is 12.2. The van der Waals surface area contributed by atoms with Crippen LogP contribution in [0, 0.1) is 0 Å². The summed E-state index contributed by atoms with van der Waals surface area (Å²) in [6.45, 7) is 7.51. The first kappa shape index (κ1) is 18.0. The SMILES string of the molecule is CNC1(CC(=O)NC(C)C(=O)NC(C)(C)C)CCCCC1. The fourth-order valence-corrected chi connectivity index (χ4v) is 2.89. The zero-order valence-corrected chi connectivity index (χ0v) is 14.1. The van der Waals surface area contributed by atoms with Crippen LogP contribution in [-0.4, -0.2) is 36.0 Å². The van der Waals surface area contributed by atoms with Gasteiger partial charge in [-0.2, -0.15) is 0 Å². The Kier molecular flexibility index (Phi) is 6.20. The van der Waals surface area contributed by atoms with Crippen molar-refractivity contribution in [1.82, 2.24) is 16.0 Å². The lowest BCUT2D eigenvalue weighted by atomic mass is 9.79. The molecule has 0 aliphatic heterocycles. The number of amides is 2. The second kappa shape index (κ2) is 7.25. The third-order valence-electron chi connectivity index (χ3n) is 4.11. The molecule has 0 aromatic heterocycles. The highest BCUT2D eigenvalue weighted by molar-refractivity contribution is 5.88. The highest BCUT2D eigenvalue weighted by atomic mass is 16.2. The third-order valence-corrected chi connectivity index (χ3v) is 4.11. The van der Waals surface area contributed by atoms with Crippen LogP contribution >= 0.6 is 0 Å². The van der Waals surface area contributed by atoms with Crippen molar-refractivity contribution in [2.45, 2.75) is 83.3 Å². The molecule has 1 unspecified atom stereocenters. The van der Waals surface area contributed by atoms with Gasteiger partial charge in [-0.05, 0) is 47.6 Å². The van der Waals surface area contributed by atoms with E-state index in [9.17, 15) is 9.59 Å². The third kappa shape index (κ3) is 6.04. The minimum absolute atomic E-state index is 0.0530. The lowest BCUT2D eigenvalue weighted by molar-refractivity contribution is -0.130. The highest BCUT2D eigenvalue weighted by Crippen LogP contribution is 2.30. The Morgan fingerprint density at radius 1 is 1.14 bits per heavy atom. The topological polar surface area (TPSA) is 70.2 Å². The number of hydrogen-bond donors (Lipinski definition) is 3. The van der Waals surface area contributed by atoms with Gasteiger partial charge in [-0.1, -0.05) is 19.3 Å². The summed E-state index contributed by atoms with van der Waals surface area (Å²) in [5.41, 5.74) is -0.381. The van der Waals surface area contributed by atoms with Gasteiger partial charge in [0.2, 0.25) is 11.8 Å². The van der Waals surface area contributed by atoms with E-state index in [1.54, 1.807) is 6.92 Å². The summed E-state index contributed by atoms with van der Waals surface area (Å²) in [6.07, 6.45) is 6.06. The van der Waals surface area contributed by atoms with Crippen LogP contribution in [0.5, 0.6) is 0 Å². The lowest BCUT2D eigenvalue weighted by Gasteiger charge is -2.37. The molecule has 2 amide bonds. The Balaban J connectivity index is 2.50. The molecule has 0 aromatic carbocycles. The summed E-state index contributed by atoms with van der Waals surface area (Å²) in [4.78, 5) is 24.2. The van der Waals surface area contributed by atoms with Gasteiger partial charge in [0.1, 0.15) is 6.04 Å². The quantitative estimate of drug-likeness (QED) is 0.723.